The molecule has 0 spiro atoms. The Hall–Kier alpha value is -2.55. The number of aromatic carboxylic acids is 1. The lowest BCUT2D eigenvalue weighted by Crippen LogP contribution is -2.06. The average molecular weight is 314 g/mol. The van der Waals surface area contributed by atoms with E-state index in [0.717, 1.165) is 17.4 Å². The Morgan fingerprint density at radius 1 is 1.33 bits per heavy atom. The van der Waals surface area contributed by atoms with Gasteiger partial charge in [0.15, 0.2) is 0 Å². The molecule has 0 unspecified atom stereocenters. The molecule has 1 aromatic heterocycles. The van der Waals surface area contributed by atoms with Crippen molar-refractivity contribution in [2.75, 3.05) is 5.32 Å². The predicted molar refractivity (Wildman–Crippen MR) is 71.6 cm³/mol. The van der Waals surface area contributed by atoms with Gasteiger partial charge in [-0.2, -0.15) is 0 Å². The molecule has 0 aliphatic heterocycles. The fourth-order valence-corrected chi connectivity index (χ4v) is 2.35. The quantitative estimate of drug-likeness (QED) is 0.653. The number of carboxylic acids is 1. The molecule has 2 N–H and O–H groups in total. The second-order valence-corrected chi connectivity index (χ2v) is 5.11. The van der Waals surface area contributed by atoms with E-state index in [1.807, 2.05) is 0 Å². The molecule has 0 saturated carbocycles. The fraction of sp³-hybridized carbons (Fsp3) is 0.0833. The van der Waals surface area contributed by atoms with Crippen LogP contribution in [0.4, 0.5) is 19.5 Å². The Labute approximate surface area is 120 Å². The first-order valence-corrected chi connectivity index (χ1v) is 6.39. The zero-order chi connectivity index (χ0) is 15.6. The van der Waals surface area contributed by atoms with E-state index in [0.29, 0.717) is 10.9 Å². The van der Waals surface area contributed by atoms with Crippen molar-refractivity contribution < 1.29 is 23.6 Å². The first-order chi connectivity index (χ1) is 9.88. The van der Waals surface area contributed by atoms with Crippen LogP contribution in [0.25, 0.3) is 0 Å². The van der Waals surface area contributed by atoms with Crippen LogP contribution in [-0.2, 0) is 6.54 Å². The Bertz CT molecular complexity index is 717. The number of carbonyl (C=O) groups is 1. The van der Waals surface area contributed by atoms with Crippen molar-refractivity contribution in [3.05, 3.63) is 56.5 Å². The summed E-state index contributed by atoms with van der Waals surface area (Å²) in [6.45, 7) is 0.0557. The van der Waals surface area contributed by atoms with Gasteiger partial charge >= 0.3 is 11.0 Å². The molecular formula is C12H8F2N2O4S. The lowest BCUT2D eigenvalue weighted by atomic mass is 10.2. The minimum Gasteiger partial charge on any atom is -0.478 e. The summed E-state index contributed by atoms with van der Waals surface area (Å²) in [5, 5.41) is 21.8. The highest BCUT2D eigenvalue weighted by Gasteiger charge is 2.16. The predicted octanol–water partition coefficient (Wildman–Crippen LogP) is 3.24. The molecule has 0 amide bonds. The van der Waals surface area contributed by atoms with Gasteiger partial charge in [-0.15, -0.1) is 0 Å². The minimum atomic E-state index is -1.51. The van der Waals surface area contributed by atoms with Gasteiger partial charge in [0.2, 0.25) is 0 Å². The lowest BCUT2D eigenvalue weighted by molar-refractivity contribution is -0.380. The lowest BCUT2D eigenvalue weighted by Gasteiger charge is -2.08. The van der Waals surface area contributed by atoms with Gasteiger partial charge in [0.1, 0.15) is 11.6 Å². The van der Waals surface area contributed by atoms with Crippen LogP contribution >= 0.6 is 11.3 Å². The number of rotatable bonds is 5. The molecule has 110 valence electrons. The zero-order valence-electron chi connectivity index (χ0n) is 10.3. The van der Waals surface area contributed by atoms with Crippen LogP contribution in [-0.4, -0.2) is 16.0 Å². The average Bonchev–Trinajstić information content (AvgIpc) is 2.86. The maximum Gasteiger partial charge on any atom is 0.338 e. The number of thiophene rings is 1. The molecule has 0 saturated heterocycles. The fourth-order valence-electron chi connectivity index (χ4n) is 1.59. The number of anilines is 1. The molecule has 2 aromatic rings. The van der Waals surface area contributed by atoms with E-state index in [9.17, 15) is 23.7 Å². The number of halogens is 2. The van der Waals surface area contributed by atoms with Crippen molar-refractivity contribution in [3.63, 3.8) is 0 Å². The highest BCUT2D eigenvalue weighted by Crippen LogP contribution is 2.26. The number of hydrogen-bond donors (Lipinski definition) is 2. The van der Waals surface area contributed by atoms with Crippen molar-refractivity contribution in [2.45, 2.75) is 6.54 Å². The van der Waals surface area contributed by atoms with Gasteiger partial charge in [-0.1, -0.05) is 11.3 Å². The van der Waals surface area contributed by atoms with Crippen LogP contribution in [0.15, 0.2) is 24.3 Å². The van der Waals surface area contributed by atoms with Gasteiger partial charge in [0, 0.05) is 23.6 Å². The van der Waals surface area contributed by atoms with Crippen molar-refractivity contribution in [1.29, 1.82) is 0 Å². The largest absolute Gasteiger partial charge is 0.478 e. The van der Waals surface area contributed by atoms with E-state index >= 15 is 0 Å². The number of carboxylic acid groups (broad SMARTS) is 1. The summed E-state index contributed by atoms with van der Waals surface area (Å²) in [5.74, 6) is -3.62. The van der Waals surface area contributed by atoms with Crippen LogP contribution in [0.3, 0.4) is 0 Å². The normalized spacial score (nSPS) is 10.4. The molecule has 2 rings (SSSR count). The number of benzene rings is 1. The first-order valence-electron chi connectivity index (χ1n) is 5.58. The van der Waals surface area contributed by atoms with E-state index < -0.39 is 28.1 Å². The molecule has 9 heteroatoms. The van der Waals surface area contributed by atoms with Crippen molar-refractivity contribution >= 4 is 28.0 Å². The molecule has 0 radical (unpaired) electrons. The molecule has 0 bridgehead atoms. The number of hydrogen-bond acceptors (Lipinski definition) is 5. The molecule has 0 atom stereocenters. The summed E-state index contributed by atoms with van der Waals surface area (Å²) < 4.78 is 26.7. The molecular weight excluding hydrogens is 306 g/mol. The summed E-state index contributed by atoms with van der Waals surface area (Å²) in [6.07, 6.45) is 0. The van der Waals surface area contributed by atoms with Crippen LogP contribution in [0, 0.1) is 21.7 Å². The third-order valence-electron chi connectivity index (χ3n) is 2.57. The number of nitro groups is 1. The van der Waals surface area contributed by atoms with E-state index in [4.69, 9.17) is 5.11 Å². The van der Waals surface area contributed by atoms with Crippen molar-refractivity contribution in [3.8, 4) is 0 Å². The summed E-state index contributed by atoms with van der Waals surface area (Å²) in [4.78, 5) is 21.3. The van der Waals surface area contributed by atoms with Crippen LogP contribution < -0.4 is 5.32 Å². The maximum atomic E-state index is 13.5. The highest BCUT2D eigenvalue weighted by atomic mass is 32.1. The van der Waals surface area contributed by atoms with Gasteiger partial charge in [-0.3, -0.25) is 10.1 Å². The van der Waals surface area contributed by atoms with Gasteiger partial charge in [-0.25, -0.2) is 13.6 Å². The molecule has 0 fully saturated rings. The third kappa shape index (κ3) is 3.31. The van der Waals surface area contributed by atoms with E-state index in [1.165, 1.54) is 12.1 Å². The maximum absolute atomic E-state index is 13.5. The molecule has 0 aliphatic carbocycles. The second-order valence-electron chi connectivity index (χ2n) is 3.97. The summed E-state index contributed by atoms with van der Waals surface area (Å²) in [5.41, 5.74) is -0.846. The Morgan fingerprint density at radius 3 is 2.62 bits per heavy atom. The molecule has 1 heterocycles. The summed E-state index contributed by atoms with van der Waals surface area (Å²) >= 11 is 0.905. The third-order valence-corrected chi connectivity index (χ3v) is 3.60. The van der Waals surface area contributed by atoms with Gasteiger partial charge in [0.05, 0.1) is 16.2 Å². The smallest absolute Gasteiger partial charge is 0.338 e. The van der Waals surface area contributed by atoms with Crippen LogP contribution in [0.2, 0.25) is 0 Å². The van der Waals surface area contributed by atoms with Gasteiger partial charge in [0.25, 0.3) is 0 Å². The molecule has 21 heavy (non-hydrogen) atoms. The Balaban J connectivity index is 2.17. The second kappa shape index (κ2) is 5.83. The minimum absolute atomic E-state index is 0.0557. The summed E-state index contributed by atoms with van der Waals surface area (Å²) in [6, 6.07) is 4.12. The Kier molecular flexibility index (Phi) is 4.13. The molecule has 0 aliphatic rings. The van der Waals surface area contributed by atoms with Crippen LogP contribution in [0.5, 0.6) is 0 Å². The van der Waals surface area contributed by atoms with Crippen molar-refractivity contribution in [1.82, 2.24) is 0 Å². The molecule has 1 aromatic carbocycles. The van der Waals surface area contributed by atoms with Crippen LogP contribution in [0.1, 0.15) is 15.2 Å². The first kappa shape index (κ1) is 14.9. The zero-order valence-corrected chi connectivity index (χ0v) is 11.1. The Morgan fingerprint density at radius 2 is 2.05 bits per heavy atom. The topological polar surface area (TPSA) is 92.5 Å². The van der Waals surface area contributed by atoms with Gasteiger partial charge in [-0.05, 0) is 12.1 Å². The van der Waals surface area contributed by atoms with E-state index in [1.54, 1.807) is 0 Å². The standard InChI is InChI=1S/C12H8F2N2O4S/c13-8-4-9(14)10(3-7(8)12(17)18)15-5-6-1-2-11(21-6)16(19)20/h1-4,15H,5H2,(H,17,18). The number of nitrogens with one attached hydrogen (secondary N) is 1. The highest BCUT2D eigenvalue weighted by molar-refractivity contribution is 7.15. The van der Waals surface area contributed by atoms with Gasteiger partial charge < -0.3 is 10.4 Å². The van der Waals surface area contributed by atoms with E-state index in [-0.39, 0.29) is 17.2 Å². The van der Waals surface area contributed by atoms with E-state index in [2.05, 4.69) is 5.32 Å². The number of nitrogens with zero attached hydrogens (tertiary/aromatic N) is 1. The van der Waals surface area contributed by atoms with Crippen molar-refractivity contribution in [2.24, 2.45) is 0 Å². The monoisotopic (exact) mass is 314 g/mol. The SMILES string of the molecule is O=C(O)c1cc(NCc2ccc([N+](=O)[O-])s2)c(F)cc1F. The summed E-state index contributed by atoms with van der Waals surface area (Å²) in [7, 11) is 0. The molecule has 6 nitrogen and oxygen atoms in total.